The molecule has 2 aromatic carbocycles. The Morgan fingerprint density at radius 3 is 2.60 bits per heavy atom. The van der Waals surface area contributed by atoms with Crippen molar-refractivity contribution in [2.75, 3.05) is 26.2 Å². The topological polar surface area (TPSA) is 113 Å². The molecule has 9 nitrogen and oxygen atoms in total. The summed E-state index contributed by atoms with van der Waals surface area (Å²) in [6.45, 7) is 7.72. The van der Waals surface area contributed by atoms with Crippen LogP contribution in [0.5, 0.6) is 0 Å². The minimum absolute atomic E-state index is 0.295. The SMILES string of the molecule is CC(C)Cc1ccc(S(=O)(=O)NCCN2CCC(Cn3cc(-c4c(C=O)[nH]c5ccc(F)cc45)nn3)CC2)cc1. The Bertz CT molecular complexity index is 1570. The molecule has 3 heterocycles. The van der Waals surface area contributed by atoms with Crippen molar-refractivity contribution in [3.8, 4) is 11.3 Å². The predicted octanol–water partition coefficient (Wildman–Crippen LogP) is 4.27. The van der Waals surface area contributed by atoms with E-state index in [1.807, 2.05) is 12.1 Å². The summed E-state index contributed by atoms with van der Waals surface area (Å²) in [7, 11) is -3.54. The second kappa shape index (κ2) is 12.0. The highest BCUT2D eigenvalue weighted by atomic mass is 32.2. The van der Waals surface area contributed by atoms with Crippen LogP contribution >= 0.6 is 0 Å². The maximum Gasteiger partial charge on any atom is 0.240 e. The molecule has 4 aromatic rings. The number of hydrogen-bond acceptors (Lipinski definition) is 6. The van der Waals surface area contributed by atoms with Crippen LogP contribution in [-0.4, -0.2) is 65.8 Å². The van der Waals surface area contributed by atoms with Crippen LogP contribution in [0.2, 0.25) is 0 Å². The van der Waals surface area contributed by atoms with Crippen molar-refractivity contribution in [1.29, 1.82) is 0 Å². The minimum atomic E-state index is -3.54. The Hall–Kier alpha value is -3.41. The lowest BCUT2D eigenvalue weighted by Crippen LogP contribution is -2.40. The normalized spacial score (nSPS) is 15.3. The van der Waals surface area contributed by atoms with Crippen LogP contribution in [0.1, 0.15) is 42.7 Å². The molecule has 0 aliphatic carbocycles. The number of nitrogens with one attached hydrogen (secondary N) is 2. The number of hydrogen-bond donors (Lipinski definition) is 2. The molecule has 1 aliphatic rings. The van der Waals surface area contributed by atoms with Crippen LogP contribution < -0.4 is 4.72 Å². The van der Waals surface area contributed by atoms with E-state index in [1.165, 1.54) is 12.1 Å². The van der Waals surface area contributed by atoms with Crippen LogP contribution in [0.3, 0.4) is 0 Å². The molecule has 0 spiro atoms. The van der Waals surface area contributed by atoms with E-state index in [0.29, 0.717) is 70.5 Å². The number of benzene rings is 2. The molecule has 1 saturated heterocycles. The number of aromatic nitrogens is 4. The van der Waals surface area contributed by atoms with E-state index < -0.39 is 10.0 Å². The van der Waals surface area contributed by atoms with Crippen LogP contribution in [0.25, 0.3) is 22.2 Å². The molecule has 0 unspecified atom stereocenters. The molecule has 2 aromatic heterocycles. The van der Waals surface area contributed by atoms with Crippen molar-refractivity contribution in [3.05, 3.63) is 65.7 Å². The molecule has 40 heavy (non-hydrogen) atoms. The third kappa shape index (κ3) is 6.48. The number of H-pyrrole nitrogens is 1. The van der Waals surface area contributed by atoms with Gasteiger partial charge in [-0.2, -0.15) is 0 Å². The van der Waals surface area contributed by atoms with Gasteiger partial charge in [0, 0.05) is 36.1 Å². The van der Waals surface area contributed by atoms with Crippen LogP contribution in [0, 0.1) is 17.7 Å². The second-order valence-electron chi connectivity index (χ2n) is 11.0. The second-order valence-corrected chi connectivity index (χ2v) is 12.7. The van der Waals surface area contributed by atoms with Crippen molar-refractivity contribution >= 4 is 27.2 Å². The third-order valence-corrected chi connectivity index (χ3v) is 8.93. The Balaban J connectivity index is 1.11. The zero-order chi connectivity index (χ0) is 28.3. The lowest BCUT2D eigenvalue weighted by atomic mass is 9.97. The van der Waals surface area contributed by atoms with E-state index in [2.05, 4.69) is 38.8 Å². The number of likely N-dealkylation sites (tertiary alicyclic amines) is 1. The molecule has 0 radical (unpaired) electrons. The van der Waals surface area contributed by atoms with E-state index >= 15 is 0 Å². The first-order valence-electron chi connectivity index (χ1n) is 13.7. The molecule has 212 valence electrons. The zero-order valence-corrected chi connectivity index (χ0v) is 23.6. The minimum Gasteiger partial charge on any atom is -0.352 e. The van der Waals surface area contributed by atoms with Crippen LogP contribution in [-0.2, 0) is 23.0 Å². The van der Waals surface area contributed by atoms with Crippen molar-refractivity contribution in [3.63, 3.8) is 0 Å². The molecule has 0 bridgehead atoms. The number of aldehydes is 1. The van der Waals surface area contributed by atoms with Gasteiger partial charge < -0.3 is 9.88 Å². The highest BCUT2D eigenvalue weighted by Crippen LogP contribution is 2.31. The number of fused-ring (bicyclic) bond motifs is 1. The van der Waals surface area contributed by atoms with E-state index in [0.717, 1.165) is 37.9 Å². The molecule has 5 rings (SSSR count). The van der Waals surface area contributed by atoms with Gasteiger partial charge in [0.05, 0.1) is 16.8 Å². The van der Waals surface area contributed by atoms with E-state index in [-0.39, 0.29) is 5.82 Å². The number of rotatable bonds is 11. The predicted molar refractivity (Wildman–Crippen MR) is 152 cm³/mol. The highest BCUT2D eigenvalue weighted by Gasteiger charge is 2.22. The number of sulfonamides is 1. The van der Waals surface area contributed by atoms with E-state index in [9.17, 15) is 17.6 Å². The van der Waals surface area contributed by atoms with E-state index in [1.54, 1.807) is 29.1 Å². The molecule has 0 atom stereocenters. The molecule has 1 aliphatic heterocycles. The smallest absolute Gasteiger partial charge is 0.240 e. The summed E-state index contributed by atoms with van der Waals surface area (Å²) in [4.78, 5) is 17.2. The van der Waals surface area contributed by atoms with Gasteiger partial charge in [-0.05, 0) is 80.1 Å². The lowest BCUT2D eigenvalue weighted by Gasteiger charge is -2.31. The summed E-state index contributed by atoms with van der Waals surface area (Å²) in [6.07, 6.45) is 5.35. The maximum absolute atomic E-state index is 13.9. The summed E-state index contributed by atoms with van der Waals surface area (Å²) in [5.41, 5.74) is 3.23. The Labute approximate surface area is 233 Å². The van der Waals surface area contributed by atoms with Gasteiger partial charge in [0.2, 0.25) is 10.0 Å². The fourth-order valence-electron chi connectivity index (χ4n) is 5.41. The molecule has 1 fully saturated rings. The van der Waals surface area contributed by atoms with Gasteiger partial charge in [0.15, 0.2) is 6.29 Å². The molecular weight excluding hydrogens is 531 g/mol. The standard InChI is InChI=1S/C29H35FN6O3S/c1-20(2)15-21-3-6-24(7-4-21)40(38,39)31-11-14-35-12-9-22(10-13-35)17-36-18-27(33-34-36)29-25-16-23(30)5-8-26(25)32-28(29)19-37/h3-8,16,18-20,22,31-32H,9-15,17H2,1-2H3. The number of piperidine rings is 1. The fourth-order valence-corrected chi connectivity index (χ4v) is 6.43. The van der Waals surface area contributed by atoms with Gasteiger partial charge in [-0.25, -0.2) is 17.5 Å². The van der Waals surface area contributed by atoms with Crippen LogP contribution in [0.15, 0.2) is 53.6 Å². The number of halogens is 1. The number of nitrogens with zero attached hydrogens (tertiary/aromatic N) is 4. The zero-order valence-electron chi connectivity index (χ0n) is 22.8. The maximum atomic E-state index is 13.9. The largest absolute Gasteiger partial charge is 0.352 e. The average molecular weight is 567 g/mol. The van der Waals surface area contributed by atoms with Crippen molar-refractivity contribution in [2.45, 2.75) is 44.6 Å². The quantitative estimate of drug-likeness (QED) is 0.262. The lowest BCUT2D eigenvalue weighted by molar-refractivity contribution is 0.112. The number of aromatic amines is 1. The fraction of sp³-hybridized carbons (Fsp3) is 0.414. The van der Waals surface area contributed by atoms with E-state index in [4.69, 9.17) is 0 Å². The molecule has 2 N–H and O–H groups in total. The van der Waals surface area contributed by atoms with Gasteiger partial charge in [-0.3, -0.25) is 9.48 Å². The summed E-state index contributed by atoms with van der Waals surface area (Å²) < 4.78 is 43.8. The van der Waals surface area contributed by atoms with Gasteiger partial charge in [-0.15, -0.1) is 5.10 Å². The van der Waals surface area contributed by atoms with Crippen molar-refractivity contribution in [2.24, 2.45) is 11.8 Å². The Morgan fingerprint density at radius 1 is 1.15 bits per heavy atom. The Morgan fingerprint density at radius 2 is 1.90 bits per heavy atom. The first-order valence-corrected chi connectivity index (χ1v) is 15.2. The van der Waals surface area contributed by atoms with Gasteiger partial charge in [-0.1, -0.05) is 31.2 Å². The van der Waals surface area contributed by atoms with Crippen molar-refractivity contribution < 1.29 is 17.6 Å². The van der Waals surface area contributed by atoms with Gasteiger partial charge in [0.1, 0.15) is 11.5 Å². The summed E-state index contributed by atoms with van der Waals surface area (Å²) >= 11 is 0. The summed E-state index contributed by atoms with van der Waals surface area (Å²) in [5.74, 6) is 0.540. The molecular formula is C29H35FN6O3S. The average Bonchev–Trinajstić information content (AvgIpc) is 3.53. The molecule has 0 saturated carbocycles. The number of carbonyl (C=O) groups is 1. The molecule has 0 amide bonds. The monoisotopic (exact) mass is 566 g/mol. The first kappa shape index (κ1) is 28.1. The first-order chi connectivity index (χ1) is 19.2. The summed E-state index contributed by atoms with van der Waals surface area (Å²) in [5, 5.41) is 9.14. The number of carbonyl (C=O) groups excluding carboxylic acids is 1. The summed E-state index contributed by atoms with van der Waals surface area (Å²) in [6, 6.07) is 11.5. The Kier molecular flexibility index (Phi) is 8.43. The van der Waals surface area contributed by atoms with Crippen LogP contribution in [0.4, 0.5) is 4.39 Å². The highest BCUT2D eigenvalue weighted by molar-refractivity contribution is 7.89. The van der Waals surface area contributed by atoms with Gasteiger partial charge >= 0.3 is 0 Å². The van der Waals surface area contributed by atoms with Gasteiger partial charge in [0.25, 0.3) is 0 Å². The van der Waals surface area contributed by atoms with Crippen molar-refractivity contribution in [1.82, 2.24) is 29.6 Å². The third-order valence-electron chi connectivity index (χ3n) is 7.45. The molecule has 11 heteroatoms.